The highest BCUT2D eigenvalue weighted by molar-refractivity contribution is 5.84. The quantitative estimate of drug-likeness (QED) is 0.607. The first-order valence-corrected chi connectivity index (χ1v) is 6.11. The summed E-state index contributed by atoms with van der Waals surface area (Å²) in [6, 6.07) is 0. The summed E-state index contributed by atoms with van der Waals surface area (Å²) >= 11 is 0. The van der Waals surface area contributed by atoms with Gasteiger partial charge in [0.25, 0.3) is 0 Å². The van der Waals surface area contributed by atoms with Crippen molar-refractivity contribution < 1.29 is 19.4 Å². The van der Waals surface area contributed by atoms with Crippen LogP contribution in [0.3, 0.4) is 0 Å². The van der Waals surface area contributed by atoms with Crippen molar-refractivity contribution in [3.8, 4) is 0 Å². The monoisotopic (exact) mass is 270 g/mol. The number of hydrogen-bond acceptors (Lipinski definition) is 5. The lowest BCUT2D eigenvalue weighted by Gasteiger charge is -2.05. The Bertz CT molecular complexity index is 419. The molecule has 1 heterocycles. The number of aromatic carboxylic acids is 1. The van der Waals surface area contributed by atoms with E-state index >= 15 is 0 Å². The van der Waals surface area contributed by atoms with Crippen LogP contribution in [0.5, 0.6) is 0 Å². The maximum atomic E-state index is 11.5. The van der Waals surface area contributed by atoms with Crippen molar-refractivity contribution in [2.45, 2.75) is 26.3 Å². The van der Waals surface area contributed by atoms with E-state index < -0.39 is 5.97 Å². The number of carboxylic acid groups (broad SMARTS) is 1. The van der Waals surface area contributed by atoms with Gasteiger partial charge < -0.3 is 15.2 Å². The lowest BCUT2D eigenvalue weighted by Crippen LogP contribution is -2.29. The summed E-state index contributed by atoms with van der Waals surface area (Å²) in [4.78, 5) is 22.1. The van der Waals surface area contributed by atoms with Gasteiger partial charge in [-0.15, -0.1) is 5.10 Å². The molecule has 0 aromatic carbocycles. The van der Waals surface area contributed by atoms with Crippen LogP contribution in [-0.2, 0) is 16.1 Å². The molecule has 0 spiro atoms. The van der Waals surface area contributed by atoms with E-state index in [1.807, 2.05) is 6.92 Å². The lowest BCUT2D eigenvalue weighted by molar-refractivity contribution is -0.121. The number of nitrogens with one attached hydrogen (secondary N) is 1. The fourth-order valence-electron chi connectivity index (χ4n) is 1.33. The largest absolute Gasteiger partial charge is 0.476 e. The van der Waals surface area contributed by atoms with Crippen molar-refractivity contribution in [2.75, 3.05) is 19.8 Å². The van der Waals surface area contributed by atoms with Crippen LogP contribution in [-0.4, -0.2) is 51.7 Å². The Morgan fingerprint density at radius 1 is 1.47 bits per heavy atom. The van der Waals surface area contributed by atoms with Gasteiger partial charge in [-0.1, -0.05) is 12.1 Å². The topological polar surface area (TPSA) is 106 Å². The van der Waals surface area contributed by atoms with Crippen molar-refractivity contribution in [1.82, 2.24) is 20.3 Å². The molecule has 0 saturated carbocycles. The summed E-state index contributed by atoms with van der Waals surface area (Å²) in [7, 11) is 0. The minimum atomic E-state index is -1.17. The maximum Gasteiger partial charge on any atom is 0.358 e. The van der Waals surface area contributed by atoms with Gasteiger partial charge in [0.15, 0.2) is 5.69 Å². The Hall–Kier alpha value is -1.96. The summed E-state index contributed by atoms with van der Waals surface area (Å²) in [6.45, 7) is 3.84. The first-order chi connectivity index (χ1) is 9.13. The maximum absolute atomic E-state index is 11.5. The number of aromatic nitrogens is 3. The van der Waals surface area contributed by atoms with Crippen molar-refractivity contribution in [3.05, 3.63) is 11.9 Å². The van der Waals surface area contributed by atoms with E-state index in [4.69, 9.17) is 9.84 Å². The van der Waals surface area contributed by atoms with Crippen LogP contribution in [0.2, 0.25) is 0 Å². The third-order valence-corrected chi connectivity index (χ3v) is 2.20. The number of amides is 1. The van der Waals surface area contributed by atoms with E-state index in [2.05, 4.69) is 15.6 Å². The average Bonchev–Trinajstić information content (AvgIpc) is 2.82. The van der Waals surface area contributed by atoms with Crippen molar-refractivity contribution >= 4 is 11.9 Å². The van der Waals surface area contributed by atoms with E-state index in [1.54, 1.807) is 0 Å². The first kappa shape index (κ1) is 15.1. The number of ether oxygens (including phenoxy) is 1. The molecule has 1 rings (SSSR count). The van der Waals surface area contributed by atoms with E-state index in [0.717, 1.165) is 19.4 Å². The van der Waals surface area contributed by atoms with Crippen LogP contribution in [0.15, 0.2) is 6.20 Å². The van der Waals surface area contributed by atoms with Crippen LogP contribution in [0.4, 0.5) is 0 Å². The average molecular weight is 270 g/mol. The summed E-state index contributed by atoms with van der Waals surface area (Å²) < 4.78 is 6.46. The molecule has 0 radical (unpaired) electrons. The van der Waals surface area contributed by atoms with Crippen molar-refractivity contribution in [3.63, 3.8) is 0 Å². The van der Waals surface area contributed by atoms with Gasteiger partial charge in [0.05, 0.1) is 6.20 Å². The number of carbonyl (C=O) groups excluding carboxylic acids is 1. The number of nitrogens with zero attached hydrogens (tertiary/aromatic N) is 3. The smallest absolute Gasteiger partial charge is 0.358 e. The molecule has 1 aromatic heterocycles. The van der Waals surface area contributed by atoms with Gasteiger partial charge in [0, 0.05) is 19.8 Å². The summed E-state index contributed by atoms with van der Waals surface area (Å²) in [5.41, 5.74) is -0.180. The van der Waals surface area contributed by atoms with Crippen LogP contribution in [0, 0.1) is 0 Å². The second kappa shape index (κ2) is 8.20. The molecule has 0 saturated heterocycles. The Labute approximate surface area is 110 Å². The van der Waals surface area contributed by atoms with E-state index in [0.29, 0.717) is 13.2 Å². The van der Waals surface area contributed by atoms with Gasteiger partial charge in [-0.05, 0) is 12.8 Å². The zero-order valence-corrected chi connectivity index (χ0v) is 10.8. The molecule has 0 aliphatic rings. The normalized spacial score (nSPS) is 10.4. The number of carboxylic acids is 1. The molecule has 106 valence electrons. The predicted octanol–water partition coefficient (Wildman–Crippen LogP) is -0.0908. The predicted molar refractivity (Wildman–Crippen MR) is 65.7 cm³/mol. The van der Waals surface area contributed by atoms with Crippen LogP contribution < -0.4 is 5.32 Å². The zero-order valence-electron chi connectivity index (χ0n) is 10.8. The van der Waals surface area contributed by atoms with Gasteiger partial charge in [0.1, 0.15) is 6.54 Å². The highest BCUT2D eigenvalue weighted by Crippen LogP contribution is 1.92. The molecule has 0 atom stereocenters. The highest BCUT2D eigenvalue weighted by atomic mass is 16.5. The van der Waals surface area contributed by atoms with E-state index in [1.165, 1.54) is 10.9 Å². The van der Waals surface area contributed by atoms with Crippen LogP contribution in [0.25, 0.3) is 0 Å². The summed E-state index contributed by atoms with van der Waals surface area (Å²) in [5.74, 6) is -1.41. The van der Waals surface area contributed by atoms with Crippen LogP contribution in [0.1, 0.15) is 30.3 Å². The second-order valence-electron chi connectivity index (χ2n) is 3.92. The van der Waals surface area contributed by atoms with Gasteiger partial charge in [-0.3, -0.25) is 4.79 Å². The fourth-order valence-corrected chi connectivity index (χ4v) is 1.33. The molecular formula is C11H18N4O4. The van der Waals surface area contributed by atoms with E-state index in [9.17, 15) is 9.59 Å². The Morgan fingerprint density at radius 3 is 2.89 bits per heavy atom. The summed E-state index contributed by atoms with van der Waals surface area (Å²) in [6.07, 6.45) is 2.93. The van der Waals surface area contributed by atoms with Crippen molar-refractivity contribution in [1.29, 1.82) is 0 Å². The Kier molecular flexibility index (Phi) is 6.51. The molecule has 0 aliphatic heterocycles. The third kappa shape index (κ3) is 5.96. The number of carbonyl (C=O) groups is 2. The third-order valence-electron chi connectivity index (χ3n) is 2.20. The van der Waals surface area contributed by atoms with Gasteiger partial charge in [-0.25, -0.2) is 9.48 Å². The zero-order chi connectivity index (χ0) is 14.1. The number of hydrogen-bond donors (Lipinski definition) is 2. The molecule has 1 amide bonds. The van der Waals surface area contributed by atoms with Gasteiger partial charge >= 0.3 is 5.97 Å². The van der Waals surface area contributed by atoms with E-state index in [-0.39, 0.29) is 18.1 Å². The Balaban J connectivity index is 2.18. The second-order valence-corrected chi connectivity index (χ2v) is 3.92. The minimum Gasteiger partial charge on any atom is -0.476 e. The highest BCUT2D eigenvalue weighted by Gasteiger charge is 2.10. The lowest BCUT2D eigenvalue weighted by atomic mass is 10.4. The van der Waals surface area contributed by atoms with Gasteiger partial charge in [-0.2, -0.15) is 0 Å². The Morgan fingerprint density at radius 2 is 2.26 bits per heavy atom. The van der Waals surface area contributed by atoms with Crippen molar-refractivity contribution in [2.24, 2.45) is 0 Å². The molecule has 0 fully saturated rings. The molecule has 8 nitrogen and oxygen atoms in total. The molecule has 0 unspecified atom stereocenters. The standard InChI is InChI=1S/C11H18N4O4/c1-2-5-19-6-3-4-12-10(16)8-15-7-9(11(17)18)13-14-15/h7H,2-6,8H2,1H3,(H,12,16)(H,17,18). The fraction of sp³-hybridized carbons (Fsp3) is 0.636. The SMILES string of the molecule is CCCOCCCNC(=O)Cn1cc(C(=O)O)nn1. The molecule has 0 aliphatic carbocycles. The molecule has 1 aromatic rings. The molecular weight excluding hydrogens is 252 g/mol. The molecule has 8 heteroatoms. The number of rotatable bonds is 9. The van der Waals surface area contributed by atoms with Crippen LogP contribution >= 0.6 is 0 Å². The molecule has 19 heavy (non-hydrogen) atoms. The summed E-state index contributed by atoms with van der Waals surface area (Å²) in [5, 5.41) is 18.3. The molecule has 2 N–H and O–H groups in total. The minimum absolute atomic E-state index is 0.0455. The molecule has 0 bridgehead atoms. The first-order valence-electron chi connectivity index (χ1n) is 6.11. The van der Waals surface area contributed by atoms with Gasteiger partial charge in [0.2, 0.25) is 5.91 Å².